The topological polar surface area (TPSA) is 85.8 Å². The van der Waals surface area contributed by atoms with Crippen molar-refractivity contribution in [2.75, 3.05) is 39.7 Å². The second kappa shape index (κ2) is 8.89. The zero-order valence-corrected chi connectivity index (χ0v) is 15.7. The molecule has 2 aromatic rings. The lowest BCUT2D eigenvalue weighted by Gasteiger charge is -2.17. The maximum atomic E-state index is 12.3. The van der Waals surface area contributed by atoms with Gasteiger partial charge in [0.15, 0.2) is 23.0 Å². The summed E-state index contributed by atoms with van der Waals surface area (Å²) < 4.78 is 16.0. The van der Waals surface area contributed by atoms with E-state index in [1.807, 2.05) is 13.8 Å². The number of nitrogens with one attached hydrogen (secondary N) is 1. The largest absolute Gasteiger partial charge is 0.493 e. The average molecular weight is 360 g/mol. The number of anilines is 2. The highest BCUT2D eigenvalue weighted by Crippen LogP contribution is 2.40. The third-order valence-corrected chi connectivity index (χ3v) is 3.87. The second-order valence-electron chi connectivity index (χ2n) is 5.32. The molecule has 0 aliphatic rings. The summed E-state index contributed by atoms with van der Waals surface area (Å²) in [7, 11) is 4.65. The van der Waals surface area contributed by atoms with Gasteiger partial charge in [0.1, 0.15) is 0 Å². The summed E-state index contributed by atoms with van der Waals surface area (Å²) in [4.78, 5) is 14.0. The van der Waals surface area contributed by atoms with Crippen LogP contribution in [0.1, 0.15) is 24.3 Å². The Balaban J connectivity index is 2.22. The van der Waals surface area contributed by atoms with Gasteiger partial charge >= 0.3 is 0 Å². The van der Waals surface area contributed by atoms with Crippen LogP contribution in [0.2, 0.25) is 0 Å². The first-order valence-electron chi connectivity index (χ1n) is 8.27. The summed E-state index contributed by atoms with van der Waals surface area (Å²) in [6, 6.07) is 6.87. The summed E-state index contributed by atoms with van der Waals surface area (Å²) in [5, 5.41) is 11.2. The van der Waals surface area contributed by atoms with Crippen LogP contribution in [0.15, 0.2) is 24.3 Å². The second-order valence-corrected chi connectivity index (χ2v) is 5.32. The molecule has 1 aromatic heterocycles. The lowest BCUT2D eigenvalue weighted by molar-refractivity contribution is 0.0766. The van der Waals surface area contributed by atoms with Crippen LogP contribution in [0.5, 0.6) is 17.2 Å². The van der Waals surface area contributed by atoms with Gasteiger partial charge < -0.3 is 24.4 Å². The van der Waals surface area contributed by atoms with Crippen molar-refractivity contribution >= 4 is 17.4 Å². The molecule has 0 spiro atoms. The van der Waals surface area contributed by atoms with Crippen molar-refractivity contribution in [2.45, 2.75) is 13.8 Å². The maximum absolute atomic E-state index is 12.3. The molecular formula is C18H24N4O4. The van der Waals surface area contributed by atoms with Gasteiger partial charge in [0.05, 0.1) is 21.3 Å². The molecule has 1 aromatic carbocycles. The van der Waals surface area contributed by atoms with Crippen molar-refractivity contribution < 1.29 is 19.0 Å². The summed E-state index contributed by atoms with van der Waals surface area (Å²) in [5.41, 5.74) is 1.00. The van der Waals surface area contributed by atoms with E-state index in [4.69, 9.17) is 14.2 Å². The Morgan fingerprint density at radius 1 is 1.00 bits per heavy atom. The Bertz CT molecular complexity index is 720. The molecule has 0 fully saturated rings. The molecule has 0 saturated heterocycles. The SMILES string of the molecule is CCN(CC)C(=O)c1ccc(Nc2cc(OC)c(OC)c(OC)c2)nn1. The minimum atomic E-state index is -0.137. The Labute approximate surface area is 153 Å². The summed E-state index contributed by atoms with van der Waals surface area (Å²) in [5.74, 6) is 1.91. The van der Waals surface area contributed by atoms with Crippen molar-refractivity contribution in [3.63, 3.8) is 0 Å². The van der Waals surface area contributed by atoms with Gasteiger partial charge in [0, 0.05) is 30.9 Å². The van der Waals surface area contributed by atoms with Gasteiger partial charge in [-0.15, -0.1) is 10.2 Å². The number of benzene rings is 1. The standard InChI is InChI=1S/C18H24N4O4/c1-6-22(7-2)18(23)13-8-9-16(21-20-13)19-12-10-14(24-3)17(26-5)15(11-12)25-4/h8-11H,6-7H2,1-5H3,(H,19,21). The molecule has 8 heteroatoms. The van der Waals surface area contributed by atoms with E-state index in [1.54, 1.807) is 50.5 Å². The maximum Gasteiger partial charge on any atom is 0.274 e. The molecule has 8 nitrogen and oxygen atoms in total. The average Bonchev–Trinajstić information content (AvgIpc) is 2.68. The van der Waals surface area contributed by atoms with Crippen molar-refractivity contribution in [3.8, 4) is 17.2 Å². The number of carbonyl (C=O) groups excluding carboxylic acids is 1. The van der Waals surface area contributed by atoms with Gasteiger partial charge in [-0.05, 0) is 26.0 Å². The lowest BCUT2D eigenvalue weighted by Crippen LogP contribution is -2.31. The third-order valence-electron chi connectivity index (χ3n) is 3.87. The van der Waals surface area contributed by atoms with Crippen LogP contribution in [0.4, 0.5) is 11.5 Å². The molecular weight excluding hydrogens is 336 g/mol. The zero-order chi connectivity index (χ0) is 19.1. The van der Waals surface area contributed by atoms with Gasteiger partial charge in [0.25, 0.3) is 5.91 Å². The Morgan fingerprint density at radius 2 is 1.62 bits per heavy atom. The lowest BCUT2D eigenvalue weighted by atomic mass is 10.2. The molecule has 0 radical (unpaired) electrons. The van der Waals surface area contributed by atoms with Gasteiger partial charge in [-0.3, -0.25) is 4.79 Å². The van der Waals surface area contributed by atoms with E-state index in [2.05, 4.69) is 15.5 Å². The van der Waals surface area contributed by atoms with Crippen molar-refractivity contribution in [2.24, 2.45) is 0 Å². The van der Waals surface area contributed by atoms with Gasteiger partial charge in [-0.25, -0.2) is 0 Å². The Kier molecular flexibility index (Phi) is 6.60. The smallest absolute Gasteiger partial charge is 0.274 e. The van der Waals surface area contributed by atoms with Crippen molar-refractivity contribution in [1.82, 2.24) is 15.1 Å². The number of aromatic nitrogens is 2. The number of hydrogen-bond acceptors (Lipinski definition) is 7. The predicted molar refractivity (Wildman–Crippen MR) is 98.7 cm³/mol. The van der Waals surface area contributed by atoms with Crippen LogP contribution >= 0.6 is 0 Å². The number of ether oxygens (including phenoxy) is 3. The monoisotopic (exact) mass is 360 g/mol. The van der Waals surface area contributed by atoms with Crippen LogP contribution in [-0.4, -0.2) is 55.4 Å². The molecule has 0 saturated carbocycles. The van der Waals surface area contributed by atoms with Gasteiger partial charge in [-0.2, -0.15) is 0 Å². The molecule has 1 N–H and O–H groups in total. The number of hydrogen-bond donors (Lipinski definition) is 1. The molecule has 1 heterocycles. The molecule has 0 unspecified atom stereocenters. The van der Waals surface area contributed by atoms with Crippen LogP contribution in [-0.2, 0) is 0 Å². The zero-order valence-electron chi connectivity index (χ0n) is 15.7. The minimum absolute atomic E-state index is 0.137. The predicted octanol–water partition coefficient (Wildman–Crippen LogP) is 2.73. The number of methoxy groups -OCH3 is 3. The van der Waals surface area contributed by atoms with Crippen molar-refractivity contribution in [3.05, 3.63) is 30.0 Å². The van der Waals surface area contributed by atoms with Gasteiger partial charge in [-0.1, -0.05) is 0 Å². The molecule has 2 rings (SSSR count). The Morgan fingerprint density at radius 3 is 2.04 bits per heavy atom. The minimum Gasteiger partial charge on any atom is -0.493 e. The Hall–Kier alpha value is -3.03. The summed E-state index contributed by atoms with van der Waals surface area (Å²) >= 11 is 0. The summed E-state index contributed by atoms with van der Waals surface area (Å²) in [6.45, 7) is 5.11. The van der Waals surface area contributed by atoms with E-state index in [0.29, 0.717) is 47.5 Å². The van der Waals surface area contributed by atoms with Crippen LogP contribution < -0.4 is 19.5 Å². The highest BCUT2D eigenvalue weighted by molar-refractivity contribution is 5.92. The molecule has 140 valence electrons. The number of carbonyl (C=O) groups is 1. The molecule has 0 aliphatic carbocycles. The van der Waals surface area contributed by atoms with E-state index in [1.165, 1.54) is 0 Å². The quantitative estimate of drug-likeness (QED) is 0.774. The van der Waals surface area contributed by atoms with E-state index in [-0.39, 0.29) is 5.91 Å². The van der Waals surface area contributed by atoms with Crippen LogP contribution in [0, 0.1) is 0 Å². The first kappa shape index (κ1) is 19.3. The molecule has 0 bridgehead atoms. The normalized spacial score (nSPS) is 10.2. The molecule has 0 aliphatic heterocycles. The molecule has 26 heavy (non-hydrogen) atoms. The number of rotatable bonds is 8. The fourth-order valence-electron chi connectivity index (χ4n) is 2.49. The number of amides is 1. The highest BCUT2D eigenvalue weighted by Gasteiger charge is 2.16. The summed E-state index contributed by atoms with van der Waals surface area (Å²) in [6.07, 6.45) is 0. The first-order chi connectivity index (χ1) is 12.6. The first-order valence-corrected chi connectivity index (χ1v) is 8.27. The highest BCUT2D eigenvalue weighted by atomic mass is 16.5. The van der Waals surface area contributed by atoms with E-state index >= 15 is 0 Å². The van der Waals surface area contributed by atoms with E-state index in [0.717, 1.165) is 0 Å². The van der Waals surface area contributed by atoms with E-state index in [9.17, 15) is 4.79 Å². The fraction of sp³-hybridized carbons (Fsp3) is 0.389. The fourth-order valence-corrected chi connectivity index (χ4v) is 2.49. The van der Waals surface area contributed by atoms with Crippen molar-refractivity contribution in [1.29, 1.82) is 0 Å². The van der Waals surface area contributed by atoms with Crippen LogP contribution in [0.3, 0.4) is 0 Å². The molecule has 1 amide bonds. The van der Waals surface area contributed by atoms with Crippen LogP contribution in [0.25, 0.3) is 0 Å². The number of nitrogens with zero attached hydrogens (tertiary/aromatic N) is 3. The van der Waals surface area contributed by atoms with Gasteiger partial charge in [0.2, 0.25) is 5.75 Å². The van der Waals surface area contributed by atoms with E-state index < -0.39 is 0 Å². The third kappa shape index (κ3) is 4.14. The molecule has 0 atom stereocenters.